The molecule has 0 radical (unpaired) electrons. The lowest BCUT2D eigenvalue weighted by Crippen LogP contribution is -2.41. The molecule has 2 aliphatic rings. The smallest absolute Gasteiger partial charge is 0.223 e. The molecular formula is C25H33IN4O. The molecule has 5 nitrogen and oxygen atoms in total. The highest BCUT2D eigenvalue weighted by atomic mass is 127. The van der Waals surface area contributed by atoms with Crippen LogP contribution in [-0.4, -0.2) is 49.5 Å². The zero-order valence-electron chi connectivity index (χ0n) is 18.4. The van der Waals surface area contributed by atoms with E-state index >= 15 is 0 Å². The van der Waals surface area contributed by atoms with Crippen LogP contribution in [0.4, 0.5) is 0 Å². The predicted octanol–water partition coefficient (Wildman–Crippen LogP) is 3.73. The highest BCUT2D eigenvalue weighted by Crippen LogP contribution is 2.42. The molecule has 0 bridgehead atoms. The van der Waals surface area contributed by atoms with Gasteiger partial charge in [-0.1, -0.05) is 54.6 Å². The number of hydrogen-bond acceptors (Lipinski definition) is 2. The normalized spacial score (nSPS) is 22.8. The van der Waals surface area contributed by atoms with Crippen LogP contribution in [0, 0.1) is 12.8 Å². The molecule has 1 amide bonds. The van der Waals surface area contributed by atoms with Gasteiger partial charge in [0.1, 0.15) is 0 Å². The Balaban J connectivity index is 0.00000272. The lowest BCUT2D eigenvalue weighted by molar-refractivity contribution is -0.127. The highest BCUT2D eigenvalue weighted by molar-refractivity contribution is 14.0. The minimum atomic E-state index is 0. The van der Waals surface area contributed by atoms with Gasteiger partial charge in [0, 0.05) is 51.0 Å². The summed E-state index contributed by atoms with van der Waals surface area (Å²) >= 11 is 0. The Morgan fingerprint density at radius 1 is 1.13 bits per heavy atom. The quantitative estimate of drug-likeness (QED) is 0.325. The minimum absolute atomic E-state index is 0. The Morgan fingerprint density at radius 2 is 1.87 bits per heavy atom. The summed E-state index contributed by atoms with van der Waals surface area (Å²) in [5, 5.41) is 6.99. The number of likely N-dealkylation sites (tertiary alicyclic amines) is 1. The lowest BCUT2D eigenvalue weighted by Gasteiger charge is -2.18. The molecule has 3 atom stereocenters. The molecular weight excluding hydrogens is 499 g/mol. The van der Waals surface area contributed by atoms with E-state index in [1.165, 1.54) is 16.7 Å². The van der Waals surface area contributed by atoms with Crippen molar-refractivity contribution in [2.45, 2.75) is 38.1 Å². The van der Waals surface area contributed by atoms with Crippen LogP contribution in [0.15, 0.2) is 59.6 Å². The Hall–Kier alpha value is -2.09. The average Bonchev–Trinajstić information content (AvgIpc) is 3.43. The van der Waals surface area contributed by atoms with Gasteiger partial charge in [-0.05, 0) is 36.5 Å². The van der Waals surface area contributed by atoms with Gasteiger partial charge >= 0.3 is 0 Å². The standard InChI is InChI=1S/C25H32N4O.HI/c1-18-8-6-7-11-21(18)22-15-23(22)28-25(26-2)27-16-20-14-24(30)29(17-20)13-12-19-9-4-3-5-10-19;/h3-11,20,22-23H,12-17H2,1-2H3,(H2,26,27,28);1H. The molecule has 3 unspecified atom stereocenters. The van der Waals surface area contributed by atoms with E-state index in [9.17, 15) is 4.79 Å². The molecule has 1 saturated carbocycles. The molecule has 31 heavy (non-hydrogen) atoms. The van der Waals surface area contributed by atoms with Gasteiger partial charge in [-0.2, -0.15) is 0 Å². The summed E-state index contributed by atoms with van der Waals surface area (Å²) in [6, 6.07) is 19.4. The molecule has 2 aromatic rings. The Bertz CT molecular complexity index is 901. The number of nitrogens with one attached hydrogen (secondary N) is 2. The van der Waals surface area contributed by atoms with Crippen molar-refractivity contribution < 1.29 is 4.79 Å². The van der Waals surface area contributed by atoms with Crippen molar-refractivity contribution in [3.63, 3.8) is 0 Å². The van der Waals surface area contributed by atoms with Gasteiger partial charge in [0.05, 0.1) is 0 Å². The highest BCUT2D eigenvalue weighted by Gasteiger charge is 2.39. The van der Waals surface area contributed by atoms with Crippen molar-refractivity contribution in [1.82, 2.24) is 15.5 Å². The molecule has 1 aliphatic heterocycles. The second-order valence-corrected chi connectivity index (χ2v) is 8.55. The number of aliphatic imine (C=N–C) groups is 1. The van der Waals surface area contributed by atoms with E-state index in [-0.39, 0.29) is 29.9 Å². The molecule has 0 spiro atoms. The summed E-state index contributed by atoms with van der Waals surface area (Å²) in [4.78, 5) is 18.8. The van der Waals surface area contributed by atoms with Crippen LogP contribution >= 0.6 is 24.0 Å². The maximum absolute atomic E-state index is 12.4. The largest absolute Gasteiger partial charge is 0.356 e. The molecule has 4 rings (SSSR count). The maximum atomic E-state index is 12.4. The molecule has 1 heterocycles. The van der Waals surface area contributed by atoms with Crippen LogP contribution in [0.1, 0.15) is 35.4 Å². The first-order valence-corrected chi connectivity index (χ1v) is 11.0. The molecule has 1 aliphatic carbocycles. The topological polar surface area (TPSA) is 56.7 Å². The average molecular weight is 532 g/mol. The number of aryl methyl sites for hydroxylation is 1. The summed E-state index contributed by atoms with van der Waals surface area (Å²) < 4.78 is 0. The van der Waals surface area contributed by atoms with Gasteiger partial charge in [0.2, 0.25) is 5.91 Å². The Kier molecular flexibility index (Phi) is 8.35. The fourth-order valence-corrected chi connectivity index (χ4v) is 4.43. The third-order valence-electron chi connectivity index (χ3n) is 6.29. The SMILES string of the molecule is CN=C(NCC1CC(=O)N(CCc2ccccc2)C1)NC1CC1c1ccccc1C.I. The van der Waals surface area contributed by atoms with E-state index in [4.69, 9.17) is 0 Å². The molecule has 166 valence electrons. The van der Waals surface area contributed by atoms with Gasteiger partial charge in [-0.25, -0.2) is 0 Å². The van der Waals surface area contributed by atoms with Crippen LogP contribution < -0.4 is 10.6 Å². The maximum Gasteiger partial charge on any atom is 0.223 e. The third kappa shape index (κ3) is 6.21. The van der Waals surface area contributed by atoms with E-state index in [1.807, 2.05) is 18.0 Å². The van der Waals surface area contributed by atoms with E-state index in [1.54, 1.807) is 0 Å². The van der Waals surface area contributed by atoms with E-state index in [0.717, 1.165) is 38.4 Å². The number of carbonyl (C=O) groups excluding carboxylic acids is 1. The van der Waals surface area contributed by atoms with Crippen molar-refractivity contribution in [2.75, 3.05) is 26.7 Å². The van der Waals surface area contributed by atoms with Crippen molar-refractivity contribution in [1.29, 1.82) is 0 Å². The van der Waals surface area contributed by atoms with Gasteiger partial charge in [-0.15, -0.1) is 24.0 Å². The van der Waals surface area contributed by atoms with Gasteiger partial charge in [-0.3, -0.25) is 9.79 Å². The van der Waals surface area contributed by atoms with Crippen molar-refractivity contribution in [3.8, 4) is 0 Å². The number of amides is 1. The summed E-state index contributed by atoms with van der Waals surface area (Å²) in [6.45, 7) is 4.57. The zero-order chi connectivity index (χ0) is 20.9. The molecule has 0 aromatic heterocycles. The van der Waals surface area contributed by atoms with Gasteiger partial charge < -0.3 is 15.5 Å². The first-order chi connectivity index (χ1) is 14.6. The third-order valence-corrected chi connectivity index (χ3v) is 6.29. The predicted molar refractivity (Wildman–Crippen MR) is 137 cm³/mol. The van der Waals surface area contributed by atoms with Gasteiger partial charge in [0.15, 0.2) is 5.96 Å². The Morgan fingerprint density at radius 3 is 2.61 bits per heavy atom. The second-order valence-electron chi connectivity index (χ2n) is 8.55. The second kappa shape index (κ2) is 11.0. The fraction of sp³-hybridized carbons (Fsp3) is 0.440. The van der Waals surface area contributed by atoms with Crippen molar-refractivity contribution in [3.05, 3.63) is 71.3 Å². The van der Waals surface area contributed by atoms with Crippen LogP contribution in [-0.2, 0) is 11.2 Å². The van der Waals surface area contributed by atoms with Crippen LogP contribution in [0.25, 0.3) is 0 Å². The van der Waals surface area contributed by atoms with Crippen LogP contribution in [0.3, 0.4) is 0 Å². The molecule has 6 heteroatoms. The lowest BCUT2D eigenvalue weighted by atomic mass is 10.0. The number of nitrogens with zero attached hydrogens (tertiary/aromatic N) is 2. The molecule has 2 aromatic carbocycles. The number of halogens is 1. The molecule has 2 fully saturated rings. The van der Waals surface area contributed by atoms with E-state index in [2.05, 4.69) is 71.1 Å². The summed E-state index contributed by atoms with van der Waals surface area (Å²) in [7, 11) is 1.81. The van der Waals surface area contributed by atoms with E-state index in [0.29, 0.717) is 24.3 Å². The minimum Gasteiger partial charge on any atom is -0.356 e. The summed E-state index contributed by atoms with van der Waals surface area (Å²) in [5.74, 6) is 2.00. The number of benzene rings is 2. The first-order valence-electron chi connectivity index (χ1n) is 11.0. The first kappa shape index (κ1) is 23.6. The number of hydrogen-bond donors (Lipinski definition) is 2. The zero-order valence-corrected chi connectivity index (χ0v) is 20.7. The summed E-state index contributed by atoms with van der Waals surface area (Å²) in [6.07, 6.45) is 2.67. The Labute approximate surface area is 202 Å². The van der Waals surface area contributed by atoms with Crippen molar-refractivity contribution >= 4 is 35.8 Å². The number of carbonyl (C=O) groups is 1. The van der Waals surface area contributed by atoms with E-state index < -0.39 is 0 Å². The van der Waals surface area contributed by atoms with Crippen LogP contribution in [0.5, 0.6) is 0 Å². The summed E-state index contributed by atoms with van der Waals surface area (Å²) in [5.41, 5.74) is 4.07. The van der Waals surface area contributed by atoms with Crippen LogP contribution in [0.2, 0.25) is 0 Å². The number of guanidine groups is 1. The monoisotopic (exact) mass is 532 g/mol. The van der Waals surface area contributed by atoms with Crippen molar-refractivity contribution in [2.24, 2.45) is 10.9 Å². The molecule has 2 N–H and O–H groups in total. The molecule has 1 saturated heterocycles. The number of rotatable bonds is 7. The van der Waals surface area contributed by atoms with Gasteiger partial charge in [0.25, 0.3) is 0 Å². The fourth-order valence-electron chi connectivity index (χ4n) is 4.43.